The van der Waals surface area contributed by atoms with Crippen LogP contribution >= 0.6 is 7.60 Å². The SMILES string of the molecule is CCOP(=O)(COc1ccccc1Cc1c[nH]c2c(=O)[nH]c(N)nc12)OCC. The number of benzene rings is 1. The third-order valence-corrected chi connectivity index (χ3v) is 5.76. The molecule has 0 saturated carbocycles. The molecule has 0 spiro atoms. The molecule has 0 saturated heterocycles. The Labute approximate surface area is 161 Å². The summed E-state index contributed by atoms with van der Waals surface area (Å²) in [6.07, 6.45) is 1.97. The van der Waals surface area contributed by atoms with E-state index < -0.39 is 7.60 Å². The number of H-pyrrole nitrogens is 2. The number of rotatable bonds is 9. The van der Waals surface area contributed by atoms with Gasteiger partial charge in [-0.15, -0.1) is 0 Å². The highest BCUT2D eigenvalue weighted by Crippen LogP contribution is 2.48. The molecule has 4 N–H and O–H groups in total. The fraction of sp³-hybridized carbons (Fsp3) is 0.333. The topological polar surface area (TPSA) is 132 Å². The van der Waals surface area contributed by atoms with Gasteiger partial charge in [0.2, 0.25) is 5.95 Å². The van der Waals surface area contributed by atoms with E-state index in [-0.39, 0.29) is 31.1 Å². The van der Waals surface area contributed by atoms with E-state index in [1.165, 1.54) is 0 Å². The van der Waals surface area contributed by atoms with Crippen molar-refractivity contribution in [2.75, 3.05) is 25.3 Å². The maximum Gasteiger partial charge on any atom is 0.367 e. The zero-order valence-electron chi connectivity index (χ0n) is 15.7. The molecule has 0 radical (unpaired) electrons. The Morgan fingerprint density at radius 1 is 1.14 bits per heavy atom. The normalized spacial score (nSPS) is 11.8. The Bertz CT molecular complexity index is 1050. The summed E-state index contributed by atoms with van der Waals surface area (Å²) in [4.78, 5) is 21.6. The van der Waals surface area contributed by atoms with Crippen molar-refractivity contribution in [3.63, 3.8) is 0 Å². The molecule has 2 aromatic heterocycles. The standard InChI is InChI=1S/C18H23N4O5P/c1-3-26-28(24,27-4-2)11-25-14-8-6-5-7-12(14)9-13-10-20-16-15(13)21-18(19)22-17(16)23/h5-8,10,20H,3-4,9,11H2,1-2H3,(H3,19,21,22,23). The first-order chi connectivity index (χ1) is 13.5. The molecular formula is C18H23N4O5P. The van der Waals surface area contributed by atoms with E-state index in [9.17, 15) is 9.36 Å². The number of para-hydroxylation sites is 1. The van der Waals surface area contributed by atoms with Crippen LogP contribution in [0.2, 0.25) is 0 Å². The lowest BCUT2D eigenvalue weighted by Crippen LogP contribution is -2.11. The van der Waals surface area contributed by atoms with Crippen molar-refractivity contribution < 1.29 is 18.3 Å². The molecule has 3 rings (SSSR count). The van der Waals surface area contributed by atoms with Crippen LogP contribution in [0.1, 0.15) is 25.0 Å². The molecule has 2 heterocycles. The molecule has 0 bridgehead atoms. The van der Waals surface area contributed by atoms with Gasteiger partial charge in [0.15, 0.2) is 6.35 Å². The predicted molar refractivity (Wildman–Crippen MR) is 107 cm³/mol. The highest BCUT2D eigenvalue weighted by molar-refractivity contribution is 7.53. The van der Waals surface area contributed by atoms with Gasteiger partial charge in [0, 0.05) is 18.2 Å². The van der Waals surface area contributed by atoms with E-state index in [2.05, 4.69) is 15.0 Å². The first-order valence-corrected chi connectivity index (χ1v) is 10.6. The van der Waals surface area contributed by atoms with Crippen LogP contribution in [-0.2, 0) is 20.0 Å². The van der Waals surface area contributed by atoms with Crippen molar-refractivity contribution in [2.45, 2.75) is 20.3 Å². The van der Waals surface area contributed by atoms with Gasteiger partial charge in [0.05, 0.1) is 13.2 Å². The van der Waals surface area contributed by atoms with Gasteiger partial charge in [0.25, 0.3) is 5.56 Å². The van der Waals surface area contributed by atoms with Crippen LogP contribution in [0.3, 0.4) is 0 Å². The van der Waals surface area contributed by atoms with Crippen molar-refractivity contribution in [1.29, 1.82) is 0 Å². The zero-order valence-corrected chi connectivity index (χ0v) is 16.6. The number of hydrogen-bond donors (Lipinski definition) is 3. The van der Waals surface area contributed by atoms with E-state index in [1.54, 1.807) is 26.1 Å². The molecule has 0 fully saturated rings. The summed E-state index contributed by atoms with van der Waals surface area (Å²) in [7, 11) is -3.33. The van der Waals surface area contributed by atoms with Crippen LogP contribution in [0.15, 0.2) is 35.3 Å². The molecule has 0 unspecified atom stereocenters. The number of fused-ring (bicyclic) bond motifs is 1. The molecule has 1 aromatic carbocycles. The first-order valence-electron chi connectivity index (χ1n) is 8.90. The molecule has 9 nitrogen and oxygen atoms in total. The van der Waals surface area contributed by atoms with Crippen molar-refractivity contribution >= 4 is 24.6 Å². The van der Waals surface area contributed by atoms with Gasteiger partial charge in [-0.25, -0.2) is 4.98 Å². The zero-order chi connectivity index (χ0) is 20.1. The third-order valence-electron chi connectivity index (χ3n) is 4.02. The van der Waals surface area contributed by atoms with Gasteiger partial charge < -0.3 is 24.5 Å². The van der Waals surface area contributed by atoms with Gasteiger partial charge in [-0.05, 0) is 25.5 Å². The number of nitrogens with two attached hydrogens (primary N) is 1. The molecule has 0 amide bonds. The summed E-state index contributed by atoms with van der Waals surface area (Å²) in [6.45, 7) is 4.02. The molecule has 0 aliphatic heterocycles. The summed E-state index contributed by atoms with van der Waals surface area (Å²) >= 11 is 0. The highest BCUT2D eigenvalue weighted by Gasteiger charge is 2.25. The minimum absolute atomic E-state index is 0.0530. The Balaban J connectivity index is 1.85. The fourth-order valence-corrected chi connectivity index (χ4v) is 4.18. The van der Waals surface area contributed by atoms with Crippen LogP contribution < -0.4 is 16.0 Å². The van der Waals surface area contributed by atoms with E-state index in [0.717, 1.165) is 11.1 Å². The Hall–Kier alpha value is -2.61. The average molecular weight is 406 g/mol. The van der Waals surface area contributed by atoms with Crippen LogP contribution in [0.5, 0.6) is 5.75 Å². The van der Waals surface area contributed by atoms with Crippen LogP contribution in [0, 0.1) is 0 Å². The summed E-state index contributed by atoms with van der Waals surface area (Å²) in [5, 5.41) is 0. The lowest BCUT2D eigenvalue weighted by atomic mass is 10.1. The minimum atomic E-state index is -3.33. The number of aromatic amines is 2. The van der Waals surface area contributed by atoms with Crippen molar-refractivity contribution in [2.24, 2.45) is 0 Å². The molecule has 3 aromatic rings. The molecule has 150 valence electrons. The van der Waals surface area contributed by atoms with Crippen molar-refractivity contribution in [1.82, 2.24) is 15.0 Å². The second-order valence-corrected chi connectivity index (χ2v) is 7.99. The van der Waals surface area contributed by atoms with Crippen molar-refractivity contribution in [3.05, 3.63) is 51.9 Å². The summed E-state index contributed by atoms with van der Waals surface area (Å²) in [6, 6.07) is 7.36. The number of ether oxygens (including phenoxy) is 1. The molecular weight excluding hydrogens is 383 g/mol. The largest absolute Gasteiger partial charge is 0.481 e. The monoisotopic (exact) mass is 406 g/mol. The number of aromatic nitrogens is 3. The average Bonchev–Trinajstić information content (AvgIpc) is 3.04. The van der Waals surface area contributed by atoms with Gasteiger partial charge in [0.1, 0.15) is 16.8 Å². The number of nitrogens with one attached hydrogen (secondary N) is 2. The summed E-state index contributed by atoms with van der Waals surface area (Å²) in [5.74, 6) is 0.603. The number of anilines is 1. The third kappa shape index (κ3) is 4.44. The van der Waals surface area contributed by atoms with E-state index >= 15 is 0 Å². The molecule has 0 aliphatic rings. The summed E-state index contributed by atoms with van der Waals surface area (Å²) in [5.41, 5.74) is 7.83. The second kappa shape index (κ2) is 8.60. The number of nitrogens with zero attached hydrogens (tertiary/aromatic N) is 1. The molecule has 28 heavy (non-hydrogen) atoms. The van der Waals surface area contributed by atoms with E-state index in [0.29, 0.717) is 23.2 Å². The highest BCUT2D eigenvalue weighted by atomic mass is 31.2. The number of hydrogen-bond acceptors (Lipinski definition) is 7. The Morgan fingerprint density at radius 2 is 1.86 bits per heavy atom. The quantitative estimate of drug-likeness (QED) is 0.465. The number of nitrogen functional groups attached to an aromatic ring is 1. The molecule has 0 atom stereocenters. The van der Waals surface area contributed by atoms with E-state index in [1.807, 2.05) is 18.2 Å². The van der Waals surface area contributed by atoms with Crippen LogP contribution in [-0.4, -0.2) is 34.5 Å². The maximum atomic E-state index is 12.6. The fourth-order valence-electron chi connectivity index (χ4n) is 2.87. The lowest BCUT2D eigenvalue weighted by Gasteiger charge is -2.18. The minimum Gasteiger partial charge on any atom is -0.481 e. The predicted octanol–water partition coefficient (Wildman–Crippen LogP) is 3.03. The second-order valence-electron chi connectivity index (χ2n) is 5.99. The first kappa shape index (κ1) is 20.1. The van der Waals surface area contributed by atoms with Crippen LogP contribution in [0.4, 0.5) is 5.95 Å². The van der Waals surface area contributed by atoms with Gasteiger partial charge >= 0.3 is 7.60 Å². The Kier molecular flexibility index (Phi) is 6.18. The van der Waals surface area contributed by atoms with Gasteiger partial charge in [-0.2, -0.15) is 0 Å². The smallest absolute Gasteiger partial charge is 0.367 e. The Morgan fingerprint density at radius 3 is 2.57 bits per heavy atom. The van der Waals surface area contributed by atoms with E-state index in [4.69, 9.17) is 19.5 Å². The molecule has 0 aliphatic carbocycles. The van der Waals surface area contributed by atoms with Crippen LogP contribution in [0.25, 0.3) is 11.0 Å². The molecule has 10 heteroatoms. The van der Waals surface area contributed by atoms with Gasteiger partial charge in [-0.1, -0.05) is 18.2 Å². The van der Waals surface area contributed by atoms with Crippen molar-refractivity contribution in [3.8, 4) is 5.75 Å². The maximum absolute atomic E-state index is 12.6. The van der Waals surface area contributed by atoms with Gasteiger partial charge in [-0.3, -0.25) is 14.3 Å². The lowest BCUT2D eigenvalue weighted by molar-refractivity contribution is 0.196. The summed E-state index contributed by atoms with van der Waals surface area (Å²) < 4.78 is 28.9.